The van der Waals surface area contributed by atoms with Gasteiger partial charge in [0.1, 0.15) is 0 Å². The van der Waals surface area contributed by atoms with Crippen molar-refractivity contribution in [3.8, 4) is 17.0 Å². The fraction of sp³-hybridized carbons (Fsp3) is 0.235. The summed E-state index contributed by atoms with van der Waals surface area (Å²) in [5.74, 6) is 1.37. The number of aromatic nitrogens is 3. The van der Waals surface area contributed by atoms with Crippen LogP contribution in [0.15, 0.2) is 48.9 Å². The number of pyridine rings is 3. The van der Waals surface area contributed by atoms with Crippen molar-refractivity contribution in [1.82, 2.24) is 15.0 Å². The molecule has 0 bridgehead atoms. The first-order chi connectivity index (χ1) is 10.4. The van der Waals surface area contributed by atoms with Gasteiger partial charge in [0, 0.05) is 29.7 Å². The topological polar surface area (TPSA) is 47.9 Å². The van der Waals surface area contributed by atoms with Crippen molar-refractivity contribution in [1.29, 1.82) is 0 Å². The van der Waals surface area contributed by atoms with Gasteiger partial charge >= 0.3 is 0 Å². The number of fused-ring (bicyclic) bond motifs is 1. The Labute approximate surface area is 122 Å². The van der Waals surface area contributed by atoms with E-state index in [1.165, 1.54) is 12.8 Å². The average Bonchev–Trinajstić information content (AvgIpc) is 3.37. The summed E-state index contributed by atoms with van der Waals surface area (Å²) in [4.78, 5) is 13.2. The summed E-state index contributed by atoms with van der Waals surface area (Å²) >= 11 is 0. The number of hydrogen-bond donors (Lipinski definition) is 0. The Balaban J connectivity index is 1.82. The van der Waals surface area contributed by atoms with Crippen molar-refractivity contribution in [3.05, 3.63) is 48.9 Å². The van der Waals surface area contributed by atoms with E-state index in [4.69, 9.17) is 4.74 Å². The van der Waals surface area contributed by atoms with Crippen LogP contribution in [0.5, 0.6) is 5.88 Å². The summed E-state index contributed by atoms with van der Waals surface area (Å²) in [6, 6.07) is 9.82. The largest absolute Gasteiger partial charge is 0.477 e. The predicted molar refractivity (Wildman–Crippen MR) is 81.0 cm³/mol. The van der Waals surface area contributed by atoms with E-state index in [9.17, 15) is 0 Å². The molecule has 0 aromatic carbocycles. The van der Waals surface area contributed by atoms with Crippen molar-refractivity contribution >= 4 is 11.0 Å². The van der Waals surface area contributed by atoms with Gasteiger partial charge < -0.3 is 4.74 Å². The summed E-state index contributed by atoms with van der Waals surface area (Å²) in [5.41, 5.74) is 3.68. The highest BCUT2D eigenvalue weighted by Crippen LogP contribution is 2.33. The standard InChI is InChI=1S/C17H15N3O/c1-3-13(10-18-7-1)14-9-16-15(4-2-8-19-16)20-17(14)21-11-12-5-6-12/h1-4,7-10,12H,5-6,11H2. The molecule has 3 aromatic rings. The SMILES string of the molecule is c1cncc(-c2cc3ncccc3nc2OCC2CC2)c1. The van der Waals surface area contributed by atoms with Gasteiger partial charge in [0.2, 0.25) is 5.88 Å². The second-order valence-electron chi connectivity index (χ2n) is 5.38. The van der Waals surface area contributed by atoms with Crippen molar-refractivity contribution in [2.45, 2.75) is 12.8 Å². The molecule has 4 nitrogen and oxygen atoms in total. The van der Waals surface area contributed by atoms with Crippen LogP contribution in [0.25, 0.3) is 22.2 Å². The molecule has 4 rings (SSSR count). The van der Waals surface area contributed by atoms with Gasteiger partial charge in [-0.2, -0.15) is 0 Å². The van der Waals surface area contributed by atoms with Gasteiger partial charge in [-0.3, -0.25) is 9.97 Å². The van der Waals surface area contributed by atoms with Crippen LogP contribution in [0.1, 0.15) is 12.8 Å². The monoisotopic (exact) mass is 277 g/mol. The van der Waals surface area contributed by atoms with Crippen LogP contribution in [0.2, 0.25) is 0 Å². The molecule has 1 aliphatic rings. The quantitative estimate of drug-likeness (QED) is 0.732. The van der Waals surface area contributed by atoms with E-state index in [-0.39, 0.29) is 0 Å². The van der Waals surface area contributed by atoms with Crippen LogP contribution < -0.4 is 4.74 Å². The van der Waals surface area contributed by atoms with E-state index in [1.54, 1.807) is 12.4 Å². The average molecular weight is 277 g/mol. The van der Waals surface area contributed by atoms with Crippen LogP contribution in [-0.2, 0) is 0 Å². The number of hydrogen-bond acceptors (Lipinski definition) is 4. The van der Waals surface area contributed by atoms with Gasteiger partial charge in [-0.25, -0.2) is 4.98 Å². The molecule has 1 aliphatic carbocycles. The Kier molecular flexibility index (Phi) is 2.99. The van der Waals surface area contributed by atoms with Crippen LogP contribution in [0, 0.1) is 5.92 Å². The summed E-state index contributed by atoms with van der Waals surface area (Å²) in [5, 5.41) is 0. The lowest BCUT2D eigenvalue weighted by Crippen LogP contribution is -2.03. The first kappa shape index (κ1) is 12.3. The van der Waals surface area contributed by atoms with E-state index in [2.05, 4.69) is 15.0 Å². The summed E-state index contributed by atoms with van der Waals surface area (Å²) < 4.78 is 5.96. The highest BCUT2D eigenvalue weighted by Gasteiger charge is 2.23. The first-order valence-electron chi connectivity index (χ1n) is 7.19. The van der Waals surface area contributed by atoms with Crippen molar-refractivity contribution < 1.29 is 4.74 Å². The fourth-order valence-electron chi connectivity index (χ4n) is 2.30. The molecule has 0 saturated heterocycles. The Morgan fingerprint density at radius 1 is 1.10 bits per heavy atom. The molecule has 104 valence electrons. The third-order valence-electron chi connectivity index (χ3n) is 3.67. The molecule has 3 aromatic heterocycles. The summed E-state index contributed by atoms with van der Waals surface area (Å²) in [6.45, 7) is 0.742. The van der Waals surface area contributed by atoms with Gasteiger partial charge in [0.15, 0.2) is 0 Å². The highest BCUT2D eigenvalue weighted by atomic mass is 16.5. The smallest absolute Gasteiger partial charge is 0.222 e. The summed E-state index contributed by atoms with van der Waals surface area (Å²) in [7, 11) is 0. The minimum Gasteiger partial charge on any atom is -0.477 e. The minimum atomic E-state index is 0.676. The molecule has 1 saturated carbocycles. The molecule has 1 fully saturated rings. The number of nitrogens with zero attached hydrogens (tertiary/aromatic N) is 3. The number of rotatable bonds is 4. The maximum Gasteiger partial charge on any atom is 0.222 e. The van der Waals surface area contributed by atoms with E-state index < -0.39 is 0 Å². The molecule has 21 heavy (non-hydrogen) atoms. The Bertz CT molecular complexity index is 769. The summed E-state index contributed by atoms with van der Waals surface area (Å²) in [6.07, 6.45) is 7.90. The van der Waals surface area contributed by atoms with Crippen LogP contribution in [0.4, 0.5) is 0 Å². The predicted octanol–water partition coefficient (Wildman–Crippen LogP) is 3.48. The maximum atomic E-state index is 5.96. The molecule has 0 unspecified atom stereocenters. The molecular weight excluding hydrogens is 262 g/mol. The molecular formula is C17H15N3O. The van der Waals surface area contributed by atoms with Crippen LogP contribution in [-0.4, -0.2) is 21.6 Å². The van der Waals surface area contributed by atoms with E-state index in [0.29, 0.717) is 11.8 Å². The highest BCUT2D eigenvalue weighted by molar-refractivity contribution is 5.83. The number of ether oxygens (including phenoxy) is 1. The van der Waals surface area contributed by atoms with E-state index >= 15 is 0 Å². The molecule has 0 radical (unpaired) electrons. The van der Waals surface area contributed by atoms with Gasteiger partial charge in [-0.15, -0.1) is 0 Å². The van der Waals surface area contributed by atoms with Crippen molar-refractivity contribution in [3.63, 3.8) is 0 Å². The molecule has 3 heterocycles. The van der Waals surface area contributed by atoms with Gasteiger partial charge in [0.25, 0.3) is 0 Å². The third kappa shape index (κ3) is 2.57. The van der Waals surface area contributed by atoms with Crippen molar-refractivity contribution in [2.24, 2.45) is 5.92 Å². The molecule has 0 amide bonds. The van der Waals surface area contributed by atoms with Gasteiger partial charge in [-0.1, -0.05) is 6.07 Å². The normalized spacial score (nSPS) is 14.3. The van der Waals surface area contributed by atoms with Crippen LogP contribution in [0.3, 0.4) is 0 Å². The zero-order valence-corrected chi connectivity index (χ0v) is 11.6. The fourth-order valence-corrected chi connectivity index (χ4v) is 2.30. The second-order valence-corrected chi connectivity index (χ2v) is 5.38. The maximum absolute atomic E-state index is 5.96. The zero-order chi connectivity index (χ0) is 14.1. The lowest BCUT2D eigenvalue weighted by atomic mass is 10.1. The Morgan fingerprint density at radius 3 is 2.81 bits per heavy atom. The molecule has 0 N–H and O–H groups in total. The zero-order valence-electron chi connectivity index (χ0n) is 11.6. The van der Waals surface area contributed by atoms with E-state index in [0.717, 1.165) is 28.8 Å². The molecule has 4 heteroatoms. The first-order valence-corrected chi connectivity index (χ1v) is 7.19. The van der Waals surface area contributed by atoms with Crippen molar-refractivity contribution in [2.75, 3.05) is 6.61 Å². The second kappa shape index (κ2) is 5.13. The Morgan fingerprint density at radius 2 is 2.00 bits per heavy atom. The van der Waals surface area contributed by atoms with Gasteiger partial charge in [0.05, 0.1) is 17.6 Å². The molecule has 0 spiro atoms. The van der Waals surface area contributed by atoms with E-state index in [1.807, 2.05) is 36.5 Å². The van der Waals surface area contributed by atoms with Crippen LogP contribution >= 0.6 is 0 Å². The lowest BCUT2D eigenvalue weighted by Gasteiger charge is -2.11. The third-order valence-corrected chi connectivity index (χ3v) is 3.67. The molecule has 0 aliphatic heterocycles. The molecule has 0 atom stereocenters. The Hall–Kier alpha value is -2.49. The minimum absolute atomic E-state index is 0.676. The van der Waals surface area contributed by atoms with Gasteiger partial charge in [-0.05, 0) is 43.0 Å². The lowest BCUT2D eigenvalue weighted by molar-refractivity contribution is 0.291.